The molecule has 1 saturated heterocycles. The molecule has 1 aliphatic heterocycles. The van der Waals surface area contributed by atoms with Crippen LogP contribution in [0.25, 0.3) is 0 Å². The number of benzene rings is 1. The molecule has 1 heterocycles. The molecule has 1 aromatic carbocycles. The molecule has 1 N–H and O–H groups in total. The molecule has 0 aliphatic carbocycles. The average molecular weight is 264 g/mol. The van der Waals surface area contributed by atoms with Crippen LogP contribution in [-0.2, 0) is 4.74 Å². The highest BCUT2D eigenvalue weighted by molar-refractivity contribution is 5.46. The van der Waals surface area contributed by atoms with E-state index < -0.39 is 0 Å². The van der Waals surface area contributed by atoms with Crippen LogP contribution in [0.5, 0.6) is 5.75 Å². The van der Waals surface area contributed by atoms with Crippen LogP contribution in [0.15, 0.2) is 24.3 Å². The zero-order valence-electron chi connectivity index (χ0n) is 11.7. The van der Waals surface area contributed by atoms with Gasteiger partial charge in [0.15, 0.2) is 0 Å². The summed E-state index contributed by atoms with van der Waals surface area (Å²) < 4.78 is 11.1. The van der Waals surface area contributed by atoms with Crippen LogP contribution in [0.3, 0.4) is 0 Å². The Labute approximate surface area is 115 Å². The van der Waals surface area contributed by atoms with Gasteiger partial charge >= 0.3 is 0 Å². The minimum atomic E-state index is 0.776. The summed E-state index contributed by atoms with van der Waals surface area (Å²) in [5, 5.41) is 3.27. The van der Waals surface area contributed by atoms with E-state index in [1.165, 1.54) is 0 Å². The second-order valence-electron chi connectivity index (χ2n) is 4.71. The van der Waals surface area contributed by atoms with Gasteiger partial charge in [-0.05, 0) is 37.6 Å². The molecule has 0 atom stereocenters. The number of anilines is 1. The zero-order chi connectivity index (χ0) is 13.3. The first-order chi connectivity index (χ1) is 9.38. The highest BCUT2D eigenvalue weighted by Gasteiger charge is 2.09. The van der Waals surface area contributed by atoms with Crippen molar-refractivity contribution in [2.75, 3.05) is 51.3 Å². The molecule has 1 fully saturated rings. The number of hydrogen-bond acceptors (Lipinski definition) is 4. The van der Waals surface area contributed by atoms with Gasteiger partial charge in [0, 0.05) is 31.9 Å². The third-order valence-corrected chi connectivity index (χ3v) is 3.23. The van der Waals surface area contributed by atoms with Crippen molar-refractivity contribution in [3.8, 4) is 5.75 Å². The maximum Gasteiger partial charge on any atom is 0.119 e. The van der Waals surface area contributed by atoms with E-state index in [1.807, 2.05) is 12.1 Å². The monoisotopic (exact) mass is 264 g/mol. The van der Waals surface area contributed by atoms with Crippen LogP contribution in [0.4, 0.5) is 5.69 Å². The Morgan fingerprint density at radius 3 is 2.63 bits per heavy atom. The zero-order valence-corrected chi connectivity index (χ0v) is 11.7. The number of rotatable bonds is 7. The Morgan fingerprint density at radius 1 is 1.21 bits per heavy atom. The van der Waals surface area contributed by atoms with Gasteiger partial charge in [-0.3, -0.25) is 4.90 Å². The molecule has 0 amide bonds. The third kappa shape index (κ3) is 5.09. The largest absolute Gasteiger partial charge is 0.494 e. The van der Waals surface area contributed by atoms with Crippen LogP contribution in [0.1, 0.15) is 13.3 Å². The average Bonchev–Trinajstić information content (AvgIpc) is 2.47. The van der Waals surface area contributed by atoms with Gasteiger partial charge in [0.2, 0.25) is 0 Å². The SMILES string of the molecule is CCNc1ccc(OCCCN2CCOCC2)cc1. The second-order valence-corrected chi connectivity index (χ2v) is 4.71. The summed E-state index contributed by atoms with van der Waals surface area (Å²) >= 11 is 0. The van der Waals surface area contributed by atoms with Crippen LogP contribution < -0.4 is 10.1 Å². The summed E-state index contributed by atoms with van der Waals surface area (Å²) in [4.78, 5) is 2.43. The highest BCUT2D eigenvalue weighted by Crippen LogP contribution is 2.15. The van der Waals surface area contributed by atoms with Gasteiger partial charge in [-0.1, -0.05) is 0 Å². The van der Waals surface area contributed by atoms with Crippen molar-refractivity contribution in [2.45, 2.75) is 13.3 Å². The second kappa shape index (κ2) is 8.02. The lowest BCUT2D eigenvalue weighted by Crippen LogP contribution is -2.37. The van der Waals surface area contributed by atoms with E-state index in [0.29, 0.717) is 0 Å². The van der Waals surface area contributed by atoms with Crippen molar-refractivity contribution in [2.24, 2.45) is 0 Å². The summed E-state index contributed by atoms with van der Waals surface area (Å²) in [6.07, 6.45) is 1.06. The normalized spacial score (nSPS) is 16.3. The summed E-state index contributed by atoms with van der Waals surface area (Å²) in [7, 11) is 0. The third-order valence-electron chi connectivity index (χ3n) is 3.23. The number of morpholine rings is 1. The van der Waals surface area contributed by atoms with Crippen molar-refractivity contribution >= 4 is 5.69 Å². The van der Waals surface area contributed by atoms with Crippen molar-refractivity contribution in [3.63, 3.8) is 0 Å². The Morgan fingerprint density at radius 2 is 1.95 bits per heavy atom. The standard InChI is InChI=1S/C15H24N2O2/c1-2-16-14-4-6-15(7-5-14)19-11-3-8-17-9-12-18-13-10-17/h4-7,16H,2-3,8-13H2,1H3. The Bertz CT molecular complexity index is 348. The van der Waals surface area contributed by atoms with Crippen LogP contribution >= 0.6 is 0 Å². The molecule has 1 aromatic rings. The van der Waals surface area contributed by atoms with Gasteiger partial charge in [0.25, 0.3) is 0 Å². The number of nitrogens with zero attached hydrogens (tertiary/aromatic N) is 1. The van der Waals surface area contributed by atoms with Crippen molar-refractivity contribution < 1.29 is 9.47 Å². The highest BCUT2D eigenvalue weighted by atomic mass is 16.5. The Balaban J connectivity index is 1.62. The lowest BCUT2D eigenvalue weighted by Gasteiger charge is -2.26. The number of nitrogens with one attached hydrogen (secondary N) is 1. The van der Waals surface area contributed by atoms with E-state index >= 15 is 0 Å². The molecule has 1 aliphatic rings. The minimum absolute atomic E-state index is 0.776. The van der Waals surface area contributed by atoms with Gasteiger partial charge in [-0.25, -0.2) is 0 Å². The maximum absolute atomic E-state index is 5.74. The fraction of sp³-hybridized carbons (Fsp3) is 0.600. The first-order valence-electron chi connectivity index (χ1n) is 7.15. The van der Waals surface area contributed by atoms with Crippen LogP contribution in [-0.4, -0.2) is 50.9 Å². The van der Waals surface area contributed by atoms with Gasteiger partial charge in [-0.15, -0.1) is 0 Å². The molecule has 0 bridgehead atoms. The van der Waals surface area contributed by atoms with Gasteiger partial charge < -0.3 is 14.8 Å². The summed E-state index contributed by atoms with van der Waals surface area (Å²) in [5.74, 6) is 0.948. The van der Waals surface area contributed by atoms with Gasteiger partial charge in [-0.2, -0.15) is 0 Å². The van der Waals surface area contributed by atoms with E-state index in [9.17, 15) is 0 Å². The van der Waals surface area contributed by atoms with Gasteiger partial charge in [0.1, 0.15) is 5.75 Å². The first kappa shape index (κ1) is 14.2. The van der Waals surface area contributed by atoms with Crippen molar-refractivity contribution in [1.29, 1.82) is 0 Å². The van der Waals surface area contributed by atoms with E-state index in [1.54, 1.807) is 0 Å². The Hall–Kier alpha value is -1.26. The van der Waals surface area contributed by atoms with E-state index in [2.05, 4.69) is 29.3 Å². The molecule has 0 spiro atoms. The lowest BCUT2D eigenvalue weighted by atomic mass is 10.3. The predicted molar refractivity (Wildman–Crippen MR) is 78.0 cm³/mol. The van der Waals surface area contributed by atoms with Crippen molar-refractivity contribution in [1.82, 2.24) is 4.90 Å². The quantitative estimate of drug-likeness (QED) is 0.766. The molecule has 106 valence electrons. The molecule has 0 aromatic heterocycles. The Kier molecular flexibility index (Phi) is 5.98. The number of hydrogen-bond donors (Lipinski definition) is 1. The summed E-state index contributed by atoms with van der Waals surface area (Å²) in [6.45, 7) is 8.75. The topological polar surface area (TPSA) is 33.7 Å². The summed E-state index contributed by atoms with van der Waals surface area (Å²) in [6, 6.07) is 8.15. The molecular formula is C15H24N2O2. The van der Waals surface area contributed by atoms with Crippen molar-refractivity contribution in [3.05, 3.63) is 24.3 Å². The molecule has 0 saturated carbocycles. The minimum Gasteiger partial charge on any atom is -0.494 e. The smallest absolute Gasteiger partial charge is 0.119 e. The molecule has 4 heteroatoms. The van der Waals surface area contributed by atoms with E-state index in [0.717, 1.165) is 63.9 Å². The molecule has 0 radical (unpaired) electrons. The molecule has 19 heavy (non-hydrogen) atoms. The lowest BCUT2D eigenvalue weighted by molar-refractivity contribution is 0.0358. The fourth-order valence-corrected chi connectivity index (χ4v) is 2.18. The number of ether oxygens (including phenoxy) is 2. The molecular weight excluding hydrogens is 240 g/mol. The van der Waals surface area contributed by atoms with Crippen LogP contribution in [0.2, 0.25) is 0 Å². The predicted octanol–water partition coefficient (Wildman–Crippen LogP) is 2.22. The van der Waals surface area contributed by atoms with E-state index in [4.69, 9.17) is 9.47 Å². The van der Waals surface area contributed by atoms with E-state index in [-0.39, 0.29) is 0 Å². The summed E-state index contributed by atoms with van der Waals surface area (Å²) in [5.41, 5.74) is 1.14. The molecule has 4 nitrogen and oxygen atoms in total. The first-order valence-corrected chi connectivity index (χ1v) is 7.15. The fourth-order valence-electron chi connectivity index (χ4n) is 2.18. The molecule has 0 unspecified atom stereocenters. The van der Waals surface area contributed by atoms with Crippen LogP contribution in [0, 0.1) is 0 Å². The molecule has 2 rings (SSSR count). The van der Waals surface area contributed by atoms with Gasteiger partial charge in [0.05, 0.1) is 19.8 Å². The maximum atomic E-state index is 5.74.